The van der Waals surface area contributed by atoms with Crippen molar-refractivity contribution in [1.82, 2.24) is 0 Å². The van der Waals surface area contributed by atoms with Crippen molar-refractivity contribution in [2.45, 2.75) is 12.5 Å². The summed E-state index contributed by atoms with van der Waals surface area (Å²) in [6.45, 7) is 1.25. The summed E-state index contributed by atoms with van der Waals surface area (Å²) in [4.78, 5) is 25.5. The Kier molecular flexibility index (Phi) is 3.72. The lowest BCUT2D eigenvalue weighted by atomic mass is 9.95. The standard InChI is InChI=1S/C14H14ClN2O3/c1-9(18)20-14(8-12(15)16-2)10-6-4-5-7-11(10)17(3)13(14)19/h4-8H,1-3H3/q-1. The van der Waals surface area contributed by atoms with E-state index in [0.717, 1.165) is 0 Å². The lowest BCUT2D eigenvalue weighted by Crippen LogP contribution is -2.40. The number of rotatable bonds is 3. The van der Waals surface area contributed by atoms with Crippen molar-refractivity contribution in [3.8, 4) is 0 Å². The highest BCUT2D eigenvalue weighted by atomic mass is 35.5. The van der Waals surface area contributed by atoms with E-state index >= 15 is 0 Å². The minimum absolute atomic E-state index is 0.102. The number of carbonyl (C=O) groups excluding carboxylic acids is 2. The number of fused-ring (bicyclic) bond motifs is 1. The first-order valence-electron chi connectivity index (χ1n) is 5.98. The number of carbonyl (C=O) groups is 2. The maximum Gasteiger partial charge on any atom is 0.304 e. The minimum atomic E-state index is -1.55. The molecule has 1 aliphatic rings. The number of esters is 1. The molecule has 1 heterocycles. The Labute approximate surface area is 122 Å². The molecule has 1 aliphatic heterocycles. The number of likely N-dealkylation sites (N-methyl/N-ethyl adjacent to an activating group) is 1. The number of anilines is 1. The average Bonchev–Trinajstić information content (AvgIpc) is 2.62. The second-order valence-electron chi connectivity index (χ2n) is 4.40. The Bertz CT molecular complexity index is 600. The lowest BCUT2D eigenvalue weighted by molar-refractivity contribution is -0.160. The van der Waals surface area contributed by atoms with Crippen molar-refractivity contribution < 1.29 is 14.3 Å². The van der Waals surface area contributed by atoms with Gasteiger partial charge in [-0.3, -0.25) is 9.59 Å². The monoisotopic (exact) mass is 293 g/mol. The van der Waals surface area contributed by atoms with Gasteiger partial charge in [-0.2, -0.15) is 0 Å². The molecule has 20 heavy (non-hydrogen) atoms. The van der Waals surface area contributed by atoms with E-state index < -0.39 is 11.6 Å². The van der Waals surface area contributed by atoms with Gasteiger partial charge < -0.3 is 15.0 Å². The number of ether oxygens (including phenoxy) is 1. The minimum Gasteiger partial charge on any atom is -0.677 e. The molecule has 2 rings (SSSR count). The molecule has 0 spiro atoms. The summed E-state index contributed by atoms with van der Waals surface area (Å²) in [6.07, 6.45) is 1.36. The average molecular weight is 294 g/mol. The van der Waals surface area contributed by atoms with E-state index in [1.54, 1.807) is 25.2 Å². The third-order valence-electron chi connectivity index (χ3n) is 3.13. The van der Waals surface area contributed by atoms with Gasteiger partial charge in [0.15, 0.2) is 0 Å². The molecule has 0 saturated carbocycles. The largest absolute Gasteiger partial charge is 0.677 e. The zero-order valence-electron chi connectivity index (χ0n) is 11.4. The van der Waals surface area contributed by atoms with Gasteiger partial charge in [-0.15, -0.1) is 18.6 Å². The molecular weight excluding hydrogens is 280 g/mol. The van der Waals surface area contributed by atoms with Gasteiger partial charge in [0, 0.05) is 19.5 Å². The fourth-order valence-electron chi connectivity index (χ4n) is 2.28. The predicted molar refractivity (Wildman–Crippen MR) is 76.5 cm³/mol. The van der Waals surface area contributed by atoms with Crippen molar-refractivity contribution >= 4 is 29.2 Å². The molecule has 106 valence electrons. The van der Waals surface area contributed by atoms with Crippen LogP contribution in [0.2, 0.25) is 0 Å². The Hall–Kier alpha value is -2.01. The molecule has 1 unspecified atom stereocenters. The Morgan fingerprint density at radius 3 is 2.70 bits per heavy atom. The number of benzene rings is 1. The Morgan fingerprint density at radius 1 is 1.45 bits per heavy atom. The van der Waals surface area contributed by atoms with Crippen LogP contribution in [0.5, 0.6) is 0 Å². The SMILES string of the molecule is C[N-]C(Cl)=CC1(OC(C)=O)C(=O)N(C)c2ccccc21. The number of halogens is 1. The summed E-state index contributed by atoms with van der Waals surface area (Å²) < 4.78 is 5.33. The molecule has 1 aromatic rings. The zero-order chi connectivity index (χ0) is 14.9. The fourth-order valence-corrected chi connectivity index (χ4v) is 2.43. The zero-order valence-corrected chi connectivity index (χ0v) is 12.1. The van der Waals surface area contributed by atoms with Crippen molar-refractivity contribution in [3.05, 3.63) is 46.4 Å². The van der Waals surface area contributed by atoms with Crippen LogP contribution in [0.15, 0.2) is 35.5 Å². The highest BCUT2D eigenvalue weighted by Crippen LogP contribution is 2.44. The second kappa shape index (κ2) is 5.17. The van der Waals surface area contributed by atoms with E-state index in [4.69, 9.17) is 16.3 Å². The maximum atomic E-state index is 12.6. The van der Waals surface area contributed by atoms with Gasteiger partial charge in [-0.05, 0) is 12.1 Å². The van der Waals surface area contributed by atoms with Crippen molar-refractivity contribution in [1.29, 1.82) is 0 Å². The van der Waals surface area contributed by atoms with Crippen molar-refractivity contribution in [2.75, 3.05) is 19.0 Å². The van der Waals surface area contributed by atoms with Gasteiger partial charge in [-0.25, -0.2) is 0 Å². The summed E-state index contributed by atoms with van der Waals surface area (Å²) in [5.74, 6) is -0.948. The summed E-state index contributed by atoms with van der Waals surface area (Å²) in [7, 11) is 3.12. The molecule has 1 aromatic carbocycles. The number of amides is 1. The summed E-state index contributed by atoms with van der Waals surface area (Å²) in [5, 5.41) is 3.90. The van der Waals surface area contributed by atoms with Crippen LogP contribution in [0.3, 0.4) is 0 Å². The van der Waals surface area contributed by atoms with Gasteiger partial charge >= 0.3 is 5.97 Å². The molecule has 0 N–H and O–H groups in total. The topological polar surface area (TPSA) is 60.7 Å². The maximum absolute atomic E-state index is 12.6. The third-order valence-corrected chi connectivity index (χ3v) is 3.41. The van der Waals surface area contributed by atoms with Gasteiger partial charge in [-0.1, -0.05) is 23.4 Å². The molecule has 6 heteroatoms. The van der Waals surface area contributed by atoms with Crippen LogP contribution < -0.4 is 4.90 Å². The highest BCUT2D eigenvalue weighted by Gasteiger charge is 2.51. The normalized spacial score (nSPS) is 21.7. The molecule has 0 saturated heterocycles. The third kappa shape index (κ3) is 2.14. The summed E-state index contributed by atoms with van der Waals surface area (Å²) in [6, 6.07) is 7.09. The summed E-state index contributed by atoms with van der Waals surface area (Å²) >= 11 is 5.93. The van der Waals surface area contributed by atoms with Gasteiger partial charge in [0.25, 0.3) is 5.91 Å². The van der Waals surface area contributed by atoms with Gasteiger partial charge in [0.1, 0.15) is 0 Å². The first kappa shape index (κ1) is 14.4. The Morgan fingerprint density at radius 2 is 2.10 bits per heavy atom. The van der Waals surface area contributed by atoms with Crippen molar-refractivity contribution in [3.63, 3.8) is 0 Å². The molecule has 0 aliphatic carbocycles. The van der Waals surface area contributed by atoms with Crippen LogP contribution in [0.4, 0.5) is 5.69 Å². The lowest BCUT2D eigenvalue weighted by Gasteiger charge is -2.27. The molecule has 0 radical (unpaired) electrons. The predicted octanol–water partition coefficient (Wildman–Crippen LogP) is 2.51. The van der Waals surface area contributed by atoms with Gasteiger partial charge in [0.05, 0.1) is 5.69 Å². The van der Waals surface area contributed by atoms with Crippen LogP contribution in [0.1, 0.15) is 12.5 Å². The van der Waals surface area contributed by atoms with E-state index in [-0.39, 0.29) is 11.1 Å². The number of para-hydroxylation sites is 1. The van der Waals surface area contributed by atoms with Crippen LogP contribution in [0.25, 0.3) is 5.32 Å². The van der Waals surface area contributed by atoms with Crippen LogP contribution in [-0.2, 0) is 19.9 Å². The molecular formula is C14H14ClN2O3-. The number of hydrogen-bond donors (Lipinski definition) is 0. The molecule has 1 amide bonds. The van der Waals surface area contributed by atoms with E-state index in [0.29, 0.717) is 11.3 Å². The smallest absolute Gasteiger partial charge is 0.304 e. The van der Waals surface area contributed by atoms with E-state index in [1.807, 2.05) is 6.07 Å². The quantitative estimate of drug-likeness (QED) is 0.635. The molecule has 1 atom stereocenters. The molecule has 0 bridgehead atoms. The van der Waals surface area contributed by atoms with Gasteiger partial charge in [0.2, 0.25) is 5.60 Å². The van der Waals surface area contributed by atoms with Crippen molar-refractivity contribution in [2.24, 2.45) is 0 Å². The second-order valence-corrected chi connectivity index (χ2v) is 4.79. The number of hydrogen-bond acceptors (Lipinski definition) is 3. The van der Waals surface area contributed by atoms with E-state index in [9.17, 15) is 9.59 Å². The molecule has 0 aromatic heterocycles. The van der Waals surface area contributed by atoms with E-state index in [2.05, 4.69) is 5.32 Å². The van der Waals surface area contributed by atoms with E-state index in [1.165, 1.54) is 24.9 Å². The molecule has 5 nitrogen and oxygen atoms in total. The first-order chi connectivity index (χ1) is 9.42. The van der Waals surface area contributed by atoms with Crippen LogP contribution in [-0.4, -0.2) is 26.0 Å². The number of nitrogens with zero attached hydrogens (tertiary/aromatic N) is 2. The fraction of sp³-hybridized carbons (Fsp3) is 0.286. The molecule has 0 fully saturated rings. The van der Waals surface area contributed by atoms with Crippen LogP contribution >= 0.6 is 11.6 Å². The Balaban J connectivity index is 2.68. The summed E-state index contributed by atoms with van der Waals surface area (Å²) in [5.41, 5.74) is -0.298. The first-order valence-corrected chi connectivity index (χ1v) is 6.35. The van der Waals surface area contributed by atoms with Crippen LogP contribution in [0, 0.1) is 0 Å². The highest BCUT2D eigenvalue weighted by molar-refractivity contribution is 6.31.